The molecule has 19 heavy (non-hydrogen) atoms. The molecule has 0 radical (unpaired) electrons. The second-order valence-corrected chi connectivity index (χ2v) is 4.45. The molecule has 0 fully saturated rings. The number of nitrogens with one attached hydrogen (secondary N) is 1. The fraction of sp³-hybridized carbons (Fsp3) is 0.286. The van der Waals surface area contributed by atoms with Gasteiger partial charge in [0, 0.05) is 18.0 Å². The van der Waals surface area contributed by atoms with Gasteiger partial charge in [0.1, 0.15) is 10.9 Å². The summed E-state index contributed by atoms with van der Waals surface area (Å²) < 4.78 is 5.64. The first-order chi connectivity index (χ1) is 9.28. The van der Waals surface area contributed by atoms with Gasteiger partial charge in [-0.3, -0.25) is 0 Å². The van der Waals surface area contributed by atoms with E-state index in [0.29, 0.717) is 11.1 Å². The van der Waals surface area contributed by atoms with Gasteiger partial charge >= 0.3 is 0 Å². The third kappa shape index (κ3) is 4.41. The van der Waals surface area contributed by atoms with Crippen molar-refractivity contribution in [3.05, 3.63) is 41.7 Å². The monoisotopic (exact) mass is 277 g/mol. The molecule has 1 aromatic heterocycles. The number of aromatic nitrogens is 2. The lowest BCUT2D eigenvalue weighted by Crippen LogP contribution is -1.99. The molecule has 0 spiro atoms. The van der Waals surface area contributed by atoms with Crippen molar-refractivity contribution >= 4 is 23.2 Å². The fourth-order valence-electron chi connectivity index (χ4n) is 1.52. The number of nitrogens with zero attached hydrogens (tertiary/aromatic N) is 2. The molecule has 0 aliphatic carbocycles. The first-order valence-corrected chi connectivity index (χ1v) is 6.64. The molecule has 0 saturated carbocycles. The van der Waals surface area contributed by atoms with Gasteiger partial charge in [-0.05, 0) is 24.6 Å². The normalized spacial score (nSPS) is 10.2. The van der Waals surface area contributed by atoms with Gasteiger partial charge in [-0.25, -0.2) is 9.97 Å². The number of halogens is 1. The predicted molar refractivity (Wildman–Crippen MR) is 77.2 cm³/mol. The topological polar surface area (TPSA) is 47.0 Å². The number of hydrogen-bond acceptors (Lipinski definition) is 4. The van der Waals surface area contributed by atoms with E-state index in [1.165, 1.54) is 0 Å². The summed E-state index contributed by atoms with van der Waals surface area (Å²) in [6.07, 6.45) is 3.78. The van der Waals surface area contributed by atoms with Gasteiger partial charge in [0.15, 0.2) is 0 Å². The molecule has 5 heteroatoms. The lowest BCUT2D eigenvalue weighted by Gasteiger charge is -2.08. The Kier molecular flexibility index (Phi) is 4.98. The lowest BCUT2D eigenvalue weighted by molar-refractivity contribution is 0.309. The first-order valence-electron chi connectivity index (χ1n) is 6.26. The predicted octanol–water partition coefficient (Wildman–Crippen LogP) is 4.05. The third-order valence-electron chi connectivity index (χ3n) is 2.48. The van der Waals surface area contributed by atoms with E-state index >= 15 is 0 Å². The summed E-state index contributed by atoms with van der Waals surface area (Å²) in [5, 5.41) is 3.50. The Hall–Kier alpha value is -1.81. The molecule has 0 saturated heterocycles. The van der Waals surface area contributed by atoms with Crippen LogP contribution in [0.25, 0.3) is 0 Å². The Morgan fingerprint density at radius 3 is 3.00 bits per heavy atom. The van der Waals surface area contributed by atoms with Crippen LogP contribution >= 0.6 is 11.6 Å². The highest BCUT2D eigenvalue weighted by Gasteiger charge is 2.00. The van der Waals surface area contributed by atoms with Crippen molar-refractivity contribution in [3.63, 3.8) is 0 Å². The molecule has 4 nitrogen and oxygen atoms in total. The summed E-state index contributed by atoms with van der Waals surface area (Å²) in [6.45, 7) is 2.87. The quantitative estimate of drug-likeness (QED) is 0.639. The molecule has 0 atom stereocenters. The van der Waals surface area contributed by atoms with Gasteiger partial charge in [0.2, 0.25) is 5.95 Å². The van der Waals surface area contributed by atoms with Crippen LogP contribution in [0.3, 0.4) is 0 Å². The van der Waals surface area contributed by atoms with Crippen molar-refractivity contribution in [1.82, 2.24) is 9.97 Å². The zero-order valence-electron chi connectivity index (χ0n) is 10.8. The molecule has 0 aliphatic rings. The van der Waals surface area contributed by atoms with Crippen LogP contribution in [-0.2, 0) is 0 Å². The maximum Gasteiger partial charge on any atom is 0.228 e. The number of unbranched alkanes of at least 4 members (excludes halogenated alkanes) is 1. The Bertz CT molecular complexity index is 534. The van der Waals surface area contributed by atoms with Crippen molar-refractivity contribution in [2.24, 2.45) is 0 Å². The minimum absolute atomic E-state index is 0.410. The number of benzene rings is 1. The highest BCUT2D eigenvalue weighted by Crippen LogP contribution is 2.20. The van der Waals surface area contributed by atoms with E-state index in [2.05, 4.69) is 22.2 Å². The standard InChI is InChI=1S/C14H16ClN3O/c1-2-3-9-19-12-6-4-5-11(10-12)17-14-16-8-7-13(15)18-14/h4-8,10H,2-3,9H2,1H3,(H,16,17,18). The lowest BCUT2D eigenvalue weighted by atomic mass is 10.3. The molecule has 0 bridgehead atoms. The van der Waals surface area contributed by atoms with Crippen molar-refractivity contribution < 1.29 is 4.74 Å². The van der Waals surface area contributed by atoms with Gasteiger partial charge in [0.05, 0.1) is 6.61 Å². The fourth-order valence-corrected chi connectivity index (χ4v) is 1.66. The molecule has 1 aromatic carbocycles. The van der Waals surface area contributed by atoms with E-state index in [-0.39, 0.29) is 0 Å². The largest absolute Gasteiger partial charge is 0.494 e. The Morgan fingerprint density at radius 2 is 2.21 bits per heavy atom. The Morgan fingerprint density at radius 1 is 1.32 bits per heavy atom. The molecule has 0 unspecified atom stereocenters. The number of hydrogen-bond donors (Lipinski definition) is 1. The summed E-state index contributed by atoms with van der Waals surface area (Å²) in [5.74, 6) is 1.30. The van der Waals surface area contributed by atoms with Gasteiger partial charge in [-0.1, -0.05) is 31.0 Å². The van der Waals surface area contributed by atoms with E-state index in [9.17, 15) is 0 Å². The van der Waals surface area contributed by atoms with Crippen LogP contribution in [0.5, 0.6) is 5.75 Å². The average Bonchev–Trinajstić information content (AvgIpc) is 2.39. The molecule has 2 aromatic rings. The molecular formula is C14H16ClN3O. The third-order valence-corrected chi connectivity index (χ3v) is 2.69. The number of rotatable bonds is 6. The van der Waals surface area contributed by atoms with Gasteiger partial charge in [-0.15, -0.1) is 0 Å². The highest BCUT2D eigenvalue weighted by molar-refractivity contribution is 6.29. The van der Waals surface area contributed by atoms with Crippen molar-refractivity contribution in [3.8, 4) is 5.75 Å². The van der Waals surface area contributed by atoms with Gasteiger partial charge in [-0.2, -0.15) is 0 Å². The van der Waals surface area contributed by atoms with Crippen LogP contribution in [-0.4, -0.2) is 16.6 Å². The summed E-state index contributed by atoms with van der Waals surface area (Å²) >= 11 is 5.81. The number of ether oxygens (including phenoxy) is 1. The second kappa shape index (κ2) is 6.95. The molecule has 1 heterocycles. The first kappa shape index (κ1) is 13.6. The minimum Gasteiger partial charge on any atom is -0.494 e. The van der Waals surface area contributed by atoms with Crippen molar-refractivity contribution in [2.45, 2.75) is 19.8 Å². The van der Waals surface area contributed by atoms with Crippen LogP contribution in [0.15, 0.2) is 36.5 Å². The Labute approximate surface area is 117 Å². The van der Waals surface area contributed by atoms with E-state index in [0.717, 1.165) is 30.9 Å². The number of anilines is 2. The summed E-state index contributed by atoms with van der Waals surface area (Å²) in [5.41, 5.74) is 0.872. The van der Waals surface area contributed by atoms with E-state index in [4.69, 9.17) is 16.3 Å². The maximum atomic E-state index is 5.81. The Balaban J connectivity index is 2.02. The minimum atomic E-state index is 0.410. The van der Waals surface area contributed by atoms with Crippen LogP contribution in [0.2, 0.25) is 5.15 Å². The molecule has 1 N–H and O–H groups in total. The molecule has 100 valence electrons. The van der Waals surface area contributed by atoms with E-state index in [1.54, 1.807) is 12.3 Å². The summed E-state index contributed by atoms with van der Waals surface area (Å²) in [4.78, 5) is 8.17. The zero-order valence-corrected chi connectivity index (χ0v) is 11.5. The highest BCUT2D eigenvalue weighted by atomic mass is 35.5. The smallest absolute Gasteiger partial charge is 0.228 e. The molecule has 2 rings (SSSR count). The molecule has 0 amide bonds. The van der Waals surface area contributed by atoms with Crippen LogP contribution in [0.4, 0.5) is 11.6 Å². The van der Waals surface area contributed by atoms with E-state index < -0.39 is 0 Å². The van der Waals surface area contributed by atoms with Crippen molar-refractivity contribution in [2.75, 3.05) is 11.9 Å². The second-order valence-electron chi connectivity index (χ2n) is 4.06. The maximum absolute atomic E-state index is 5.81. The van der Waals surface area contributed by atoms with Crippen LogP contribution in [0, 0.1) is 0 Å². The van der Waals surface area contributed by atoms with Crippen LogP contribution < -0.4 is 10.1 Å². The summed E-state index contributed by atoms with van der Waals surface area (Å²) in [7, 11) is 0. The van der Waals surface area contributed by atoms with E-state index in [1.807, 2.05) is 24.3 Å². The average molecular weight is 278 g/mol. The van der Waals surface area contributed by atoms with Crippen LogP contribution in [0.1, 0.15) is 19.8 Å². The van der Waals surface area contributed by atoms with Gasteiger partial charge < -0.3 is 10.1 Å². The zero-order chi connectivity index (χ0) is 13.5. The molecule has 0 aliphatic heterocycles. The summed E-state index contributed by atoms with van der Waals surface area (Å²) in [6, 6.07) is 9.34. The van der Waals surface area contributed by atoms with Gasteiger partial charge in [0.25, 0.3) is 0 Å². The van der Waals surface area contributed by atoms with Crippen molar-refractivity contribution in [1.29, 1.82) is 0 Å². The SMILES string of the molecule is CCCCOc1cccc(Nc2nccc(Cl)n2)c1. The molecular weight excluding hydrogens is 262 g/mol.